The number of carbonyl (C=O) groups excluding carboxylic acids is 1. The van der Waals surface area contributed by atoms with Crippen molar-refractivity contribution < 1.29 is 9.53 Å². The highest BCUT2D eigenvalue weighted by Gasteiger charge is 2.15. The summed E-state index contributed by atoms with van der Waals surface area (Å²) >= 11 is 3.53. The van der Waals surface area contributed by atoms with Crippen molar-refractivity contribution in [1.29, 1.82) is 0 Å². The molecule has 0 spiro atoms. The molecule has 3 rings (SSSR count). The molecule has 0 aliphatic rings. The van der Waals surface area contributed by atoms with Gasteiger partial charge in [-0.2, -0.15) is 12.6 Å². The van der Waals surface area contributed by atoms with E-state index in [1.807, 2.05) is 87.5 Å². The van der Waals surface area contributed by atoms with Gasteiger partial charge in [0.2, 0.25) is 0 Å². The summed E-state index contributed by atoms with van der Waals surface area (Å²) < 4.78 is 5.91. The molecule has 0 unspecified atom stereocenters. The van der Waals surface area contributed by atoms with E-state index < -0.39 is 5.91 Å². The zero-order valence-corrected chi connectivity index (χ0v) is 19.6. The number of aromatic nitrogens is 1. The van der Waals surface area contributed by atoms with Crippen LogP contribution in [0.4, 0.5) is 0 Å². The summed E-state index contributed by atoms with van der Waals surface area (Å²) in [5, 5.41) is 3.87. The lowest BCUT2D eigenvalue weighted by atomic mass is 9.96. The van der Waals surface area contributed by atoms with E-state index in [9.17, 15) is 4.79 Å². The van der Waals surface area contributed by atoms with E-state index in [-0.39, 0.29) is 0 Å². The zero-order chi connectivity index (χ0) is 23.2. The molecule has 1 amide bonds. The minimum atomic E-state index is -0.515. The molecule has 0 saturated heterocycles. The number of ether oxygens (including phenoxy) is 1. The third kappa shape index (κ3) is 6.89. The number of rotatable bonds is 6. The van der Waals surface area contributed by atoms with Crippen molar-refractivity contribution in [3.8, 4) is 16.9 Å². The fourth-order valence-electron chi connectivity index (χ4n) is 2.83. The Labute approximate surface area is 190 Å². The van der Waals surface area contributed by atoms with E-state index in [0.717, 1.165) is 22.0 Å². The Balaban J connectivity index is 0.00000113. The third-order valence-electron chi connectivity index (χ3n) is 4.08. The summed E-state index contributed by atoms with van der Waals surface area (Å²) in [5.41, 5.74) is 8.37. The number of para-hydroxylation sites is 1. The highest BCUT2D eigenvalue weighted by molar-refractivity contribution is 7.79. The molecule has 2 aromatic carbocycles. The van der Waals surface area contributed by atoms with E-state index >= 15 is 0 Å². The van der Waals surface area contributed by atoms with Gasteiger partial charge in [0.1, 0.15) is 5.75 Å². The van der Waals surface area contributed by atoms with E-state index in [1.165, 1.54) is 6.20 Å². The van der Waals surface area contributed by atoms with Crippen LogP contribution in [0.2, 0.25) is 0 Å². The Bertz CT molecular complexity index is 1050. The van der Waals surface area contributed by atoms with E-state index in [2.05, 4.69) is 22.9 Å². The number of allylic oxidation sites excluding steroid dienone is 3. The molecule has 0 aliphatic heterocycles. The number of fused-ring (bicyclic) bond motifs is 1. The minimum Gasteiger partial charge on any atom is -0.441 e. The van der Waals surface area contributed by atoms with E-state index in [0.29, 0.717) is 17.2 Å². The van der Waals surface area contributed by atoms with Crippen molar-refractivity contribution >= 4 is 29.4 Å². The second-order valence-corrected chi connectivity index (χ2v) is 5.86. The smallest absolute Gasteiger partial charge is 0.250 e. The molecule has 0 saturated carbocycles. The van der Waals surface area contributed by atoms with Crippen LogP contribution in [0, 0.1) is 0 Å². The van der Waals surface area contributed by atoms with Gasteiger partial charge in [-0.1, -0.05) is 56.3 Å². The predicted molar refractivity (Wildman–Crippen MR) is 135 cm³/mol. The van der Waals surface area contributed by atoms with Gasteiger partial charge in [-0.15, -0.1) is 0 Å². The lowest BCUT2D eigenvalue weighted by Crippen LogP contribution is -2.13. The van der Waals surface area contributed by atoms with Crippen molar-refractivity contribution in [3.63, 3.8) is 0 Å². The Morgan fingerprint density at radius 3 is 2.48 bits per heavy atom. The summed E-state index contributed by atoms with van der Waals surface area (Å²) in [6.07, 6.45) is 8.86. The summed E-state index contributed by atoms with van der Waals surface area (Å²) in [6.45, 7) is 5.93. The molecule has 0 radical (unpaired) electrons. The molecule has 0 atom stereocenters. The van der Waals surface area contributed by atoms with Gasteiger partial charge in [0.25, 0.3) is 5.91 Å². The van der Waals surface area contributed by atoms with Gasteiger partial charge in [0, 0.05) is 24.2 Å². The number of pyridine rings is 1. The highest BCUT2D eigenvalue weighted by atomic mass is 32.1. The first kappa shape index (κ1) is 25.8. The average Bonchev–Trinajstić information content (AvgIpc) is 2.83. The van der Waals surface area contributed by atoms with Crippen LogP contribution in [-0.2, 0) is 0 Å². The molecule has 0 bridgehead atoms. The molecule has 0 fully saturated rings. The van der Waals surface area contributed by atoms with E-state index in [1.54, 1.807) is 13.3 Å². The standard InChI is InChI=1S/C22H21N3O2.C2H6.CH4S/c1-3-4-12-20(24-2)27-16-9-7-8-15(13-16)21-17-10-5-6-11-19(17)25-14-18(21)22(23)26;2*1-2/h3-14,24H,1-2H3,(H2,23,26);1-2H3;2H,1H3/b4-3-,20-12+;;. The Morgan fingerprint density at radius 2 is 1.84 bits per heavy atom. The van der Waals surface area contributed by atoms with Crippen LogP contribution in [0.3, 0.4) is 0 Å². The molecular weight excluding hydrogens is 406 g/mol. The number of nitrogens with zero attached hydrogens (tertiary/aromatic N) is 1. The van der Waals surface area contributed by atoms with Gasteiger partial charge in [0.15, 0.2) is 5.88 Å². The number of nitrogens with one attached hydrogen (secondary N) is 1. The van der Waals surface area contributed by atoms with Crippen LogP contribution in [0.1, 0.15) is 31.1 Å². The first-order valence-corrected chi connectivity index (χ1v) is 10.9. The number of thiol groups is 1. The molecule has 31 heavy (non-hydrogen) atoms. The molecule has 3 N–H and O–H groups in total. The maximum atomic E-state index is 12.0. The Kier molecular flexibility index (Phi) is 11.5. The number of hydrogen-bond acceptors (Lipinski definition) is 5. The van der Waals surface area contributed by atoms with Gasteiger partial charge in [0.05, 0.1) is 11.1 Å². The van der Waals surface area contributed by atoms with Gasteiger partial charge in [-0.3, -0.25) is 9.78 Å². The second-order valence-electron chi connectivity index (χ2n) is 5.86. The van der Waals surface area contributed by atoms with Crippen LogP contribution in [0.5, 0.6) is 5.75 Å². The monoisotopic (exact) mass is 437 g/mol. The topological polar surface area (TPSA) is 77.2 Å². The molecule has 5 nitrogen and oxygen atoms in total. The molecule has 6 heteroatoms. The minimum absolute atomic E-state index is 0.379. The lowest BCUT2D eigenvalue weighted by molar-refractivity contribution is 0.100. The van der Waals surface area contributed by atoms with Crippen LogP contribution in [0.15, 0.2) is 78.8 Å². The number of hydrogen-bond donors (Lipinski definition) is 3. The van der Waals surface area contributed by atoms with Crippen LogP contribution in [-0.4, -0.2) is 24.2 Å². The number of benzene rings is 2. The predicted octanol–water partition coefficient (Wildman–Crippen LogP) is 5.59. The molecule has 0 aliphatic carbocycles. The fourth-order valence-corrected chi connectivity index (χ4v) is 2.83. The zero-order valence-electron chi connectivity index (χ0n) is 18.7. The third-order valence-corrected chi connectivity index (χ3v) is 4.08. The number of primary amides is 1. The van der Waals surface area contributed by atoms with Gasteiger partial charge >= 0.3 is 0 Å². The first-order chi connectivity index (χ1) is 15.1. The molecule has 1 heterocycles. The lowest BCUT2D eigenvalue weighted by Gasteiger charge is -2.13. The largest absolute Gasteiger partial charge is 0.441 e. The second kappa shape index (κ2) is 13.9. The number of nitrogens with two attached hydrogens (primary N) is 1. The van der Waals surface area contributed by atoms with Gasteiger partial charge < -0.3 is 15.8 Å². The van der Waals surface area contributed by atoms with Crippen molar-refractivity contribution in [2.24, 2.45) is 5.73 Å². The Hall–Kier alpha value is -3.25. The number of carbonyl (C=O) groups is 1. The molecule has 164 valence electrons. The summed E-state index contributed by atoms with van der Waals surface area (Å²) in [5.74, 6) is 0.743. The molecule has 3 aromatic rings. The fraction of sp³-hybridized carbons (Fsp3) is 0.200. The van der Waals surface area contributed by atoms with Crippen molar-refractivity contribution in [2.75, 3.05) is 13.3 Å². The maximum absolute atomic E-state index is 12.0. The van der Waals surface area contributed by atoms with Crippen LogP contribution in [0.25, 0.3) is 22.0 Å². The van der Waals surface area contributed by atoms with Crippen molar-refractivity contribution in [2.45, 2.75) is 20.8 Å². The summed E-state index contributed by atoms with van der Waals surface area (Å²) in [4.78, 5) is 16.3. The first-order valence-electron chi connectivity index (χ1n) is 10.1. The highest BCUT2D eigenvalue weighted by Crippen LogP contribution is 2.33. The number of amides is 1. The van der Waals surface area contributed by atoms with Crippen molar-refractivity contribution in [1.82, 2.24) is 10.3 Å². The summed E-state index contributed by atoms with van der Waals surface area (Å²) in [7, 11) is 1.79. The maximum Gasteiger partial charge on any atom is 0.250 e. The van der Waals surface area contributed by atoms with E-state index in [4.69, 9.17) is 10.5 Å². The van der Waals surface area contributed by atoms with Gasteiger partial charge in [-0.25, -0.2) is 0 Å². The average molecular weight is 438 g/mol. The SMILES string of the molecule is C/C=C\C=C(/NC)Oc1cccc(-c2c(C(N)=O)cnc3ccccc23)c1.CC.CS. The normalized spacial score (nSPS) is 10.6. The van der Waals surface area contributed by atoms with Crippen LogP contribution >= 0.6 is 12.6 Å². The summed E-state index contributed by atoms with van der Waals surface area (Å²) in [6, 6.07) is 15.2. The molecular formula is C25H31N3O2S. The molecule has 1 aromatic heterocycles. The van der Waals surface area contributed by atoms with Crippen molar-refractivity contribution in [3.05, 3.63) is 84.4 Å². The van der Waals surface area contributed by atoms with Crippen LogP contribution < -0.4 is 15.8 Å². The quantitative estimate of drug-likeness (QED) is 0.267. The Morgan fingerprint density at radius 1 is 1.13 bits per heavy atom. The van der Waals surface area contributed by atoms with Gasteiger partial charge in [-0.05, 0) is 43.0 Å².